The van der Waals surface area contributed by atoms with Gasteiger partial charge in [0.2, 0.25) is 0 Å². The van der Waals surface area contributed by atoms with E-state index in [2.05, 4.69) is 15.3 Å². The number of hydrogen-bond donors (Lipinski definition) is 2. The number of halogens is 3. The molecule has 0 unspecified atom stereocenters. The maximum absolute atomic E-state index is 12.7. The number of alkyl halides is 3. The van der Waals surface area contributed by atoms with E-state index in [0.29, 0.717) is 17.1 Å². The summed E-state index contributed by atoms with van der Waals surface area (Å²) in [6, 6.07) is 5.93. The van der Waals surface area contributed by atoms with Gasteiger partial charge in [-0.3, -0.25) is 9.78 Å². The van der Waals surface area contributed by atoms with E-state index in [-0.39, 0.29) is 6.42 Å². The Balaban J connectivity index is 1.66. The van der Waals surface area contributed by atoms with Crippen LogP contribution in [-0.4, -0.2) is 27.6 Å². The number of carboxylic acids is 1. The van der Waals surface area contributed by atoms with Gasteiger partial charge in [0.1, 0.15) is 5.82 Å². The highest BCUT2D eigenvalue weighted by molar-refractivity contribution is 5.72. The predicted octanol–water partition coefficient (Wildman–Crippen LogP) is 6.56. The Morgan fingerprint density at radius 1 is 0.903 bits per heavy atom. The van der Waals surface area contributed by atoms with Gasteiger partial charge in [0, 0.05) is 30.9 Å². The second-order valence-electron chi connectivity index (χ2n) is 7.58. The zero-order valence-electron chi connectivity index (χ0n) is 17.6. The van der Waals surface area contributed by atoms with Crippen LogP contribution in [0.5, 0.6) is 0 Å². The minimum atomic E-state index is -4.40. The third-order valence-electron chi connectivity index (χ3n) is 5.03. The second kappa shape index (κ2) is 12.9. The fraction of sp³-hybridized carbons (Fsp3) is 0.522. The number of anilines is 1. The van der Waals surface area contributed by atoms with E-state index < -0.39 is 17.7 Å². The van der Waals surface area contributed by atoms with Gasteiger partial charge in [0.05, 0.1) is 11.3 Å². The summed E-state index contributed by atoms with van der Waals surface area (Å²) in [5.74, 6) is -0.0989. The van der Waals surface area contributed by atoms with Gasteiger partial charge in [-0.15, -0.1) is 0 Å². The highest BCUT2D eigenvalue weighted by atomic mass is 19.4. The van der Waals surface area contributed by atoms with Crippen molar-refractivity contribution in [2.75, 3.05) is 11.9 Å². The Kier molecular flexibility index (Phi) is 10.3. The molecule has 0 bridgehead atoms. The Morgan fingerprint density at radius 2 is 1.55 bits per heavy atom. The molecule has 2 aromatic rings. The van der Waals surface area contributed by atoms with Gasteiger partial charge in [-0.1, -0.05) is 44.9 Å². The molecule has 0 spiro atoms. The van der Waals surface area contributed by atoms with Crippen molar-refractivity contribution < 1.29 is 23.1 Å². The minimum Gasteiger partial charge on any atom is -0.481 e. The molecule has 0 fully saturated rings. The summed E-state index contributed by atoms with van der Waals surface area (Å²) in [6.07, 6.45) is 7.90. The van der Waals surface area contributed by atoms with Gasteiger partial charge in [-0.25, -0.2) is 4.98 Å². The van der Waals surface area contributed by atoms with Crippen LogP contribution in [0.4, 0.5) is 19.0 Å². The molecule has 2 heterocycles. The normalized spacial score (nSPS) is 11.5. The molecular formula is C23H30F3N3O2. The maximum Gasteiger partial charge on any atom is 0.417 e. The molecule has 8 heteroatoms. The van der Waals surface area contributed by atoms with Gasteiger partial charge >= 0.3 is 12.1 Å². The van der Waals surface area contributed by atoms with Crippen molar-refractivity contribution in [3.63, 3.8) is 0 Å². The smallest absolute Gasteiger partial charge is 0.417 e. The average Bonchev–Trinajstić information content (AvgIpc) is 2.74. The number of aliphatic carboxylic acids is 1. The summed E-state index contributed by atoms with van der Waals surface area (Å²) in [6.45, 7) is 0.736. The molecule has 2 N–H and O–H groups in total. The van der Waals surface area contributed by atoms with E-state index in [1.54, 1.807) is 18.3 Å². The number of hydrogen-bond acceptors (Lipinski definition) is 4. The second-order valence-corrected chi connectivity index (χ2v) is 7.58. The number of aromatic nitrogens is 2. The number of carboxylic acid groups (broad SMARTS) is 1. The number of nitrogens with one attached hydrogen (secondary N) is 1. The SMILES string of the molecule is O=C(O)CCCCCCCCCCCNc1ncccc1-c1ccc(C(F)(F)F)cn1. The lowest BCUT2D eigenvalue weighted by Gasteiger charge is -2.11. The van der Waals surface area contributed by atoms with Gasteiger partial charge in [-0.2, -0.15) is 13.2 Å². The first kappa shape index (κ1) is 24.6. The Labute approximate surface area is 181 Å². The lowest BCUT2D eigenvalue weighted by molar-refractivity contribution is -0.138. The fourth-order valence-electron chi connectivity index (χ4n) is 3.32. The summed E-state index contributed by atoms with van der Waals surface area (Å²) in [5.41, 5.74) is 0.362. The average molecular weight is 438 g/mol. The van der Waals surface area contributed by atoms with E-state index in [1.165, 1.54) is 18.9 Å². The summed E-state index contributed by atoms with van der Waals surface area (Å²) in [5, 5.41) is 11.9. The van der Waals surface area contributed by atoms with Crippen molar-refractivity contribution >= 4 is 11.8 Å². The van der Waals surface area contributed by atoms with E-state index in [9.17, 15) is 18.0 Å². The van der Waals surface area contributed by atoms with E-state index >= 15 is 0 Å². The van der Waals surface area contributed by atoms with Crippen molar-refractivity contribution in [3.05, 3.63) is 42.2 Å². The molecule has 0 amide bonds. The third kappa shape index (κ3) is 9.36. The van der Waals surface area contributed by atoms with Crippen LogP contribution in [0.25, 0.3) is 11.3 Å². The van der Waals surface area contributed by atoms with Crippen LogP contribution in [0.3, 0.4) is 0 Å². The predicted molar refractivity (Wildman–Crippen MR) is 115 cm³/mol. The maximum atomic E-state index is 12.7. The molecule has 31 heavy (non-hydrogen) atoms. The van der Waals surface area contributed by atoms with Crippen LogP contribution in [0.15, 0.2) is 36.7 Å². The molecule has 2 rings (SSSR count). The molecule has 0 radical (unpaired) electrons. The quantitative estimate of drug-likeness (QED) is 0.327. The highest BCUT2D eigenvalue weighted by Crippen LogP contribution is 2.31. The van der Waals surface area contributed by atoms with E-state index in [1.807, 2.05) is 0 Å². The Morgan fingerprint density at radius 3 is 2.13 bits per heavy atom. The van der Waals surface area contributed by atoms with Gasteiger partial charge in [0.15, 0.2) is 0 Å². The van der Waals surface area contributed by atoms with Crippen molar-refractivity contribution in [1.82, 2.24) is 9.97 Å². The Bertz CT molecular complexity index is 795. The molecule has 0 saturated carbocycles. The van der Waals surface area contributed by atoms with Crippen LogP contribution in [0.1, 0.15) is 69.8 Å². The molecule has 0 aliphatic heterocycles. The topological polar surface area (TPSA) is 75.1 Å². The first-order valence-electron chi connectivity index (χ1n) is 10.8. The van der Waals surface area contributed by atoms with Gasteiger partial charge < -0.3 is 10.4 Å². The summed E-state index contributed by atoms with van der Waals surface area (Å²) in [4.78, 5) is 18.7. The minimum absolute atomic E-state index is 0.264. The number of unbranched alkanes of at least 4 members (excludes halogenated alkanes) is 8. The Hall–Kier alpha value is -2.64. The summed E-state index contributed by atoms with van der Waals surface area (Å²) >= 11 is 0. The number of carbonyl (C=O) groups is 1. The summed E-state index contributed by atoms with van der Waals surface area (Å²) in [7, 11) is 0. The lowest BCUT2D eigenvalue weighted by atomic mass is 10.1. The number of pyridine rings is 2. The first-order valence-corrected chi connectivity index (χ1v) is 10.8. The summed E-state index contributed by atoms with van der Waals surface area (Å²) < 4.78 is 38.2. The van der Waals surface area contributed by atoms with Crippen molar-refractivity contribution in [1.29, 1.82) is 0 Å². The molecule has 5 nitrogen and oxygen atoms in total. The zero-order chi connectivity index (χ0) is 22.5. The van der Waals surface area contributed by atoms with Crippen LogP contribution in [-0.2, 0) is 11.0 Å². The molecular weight excluding hydrogens is 407 g/mol. The largest absolute Gasteiger partial charge is 0.481 e. The fourth-order valence-corrected chi connectivity index (χ4v) is 3.32. The van der Waals surface area contributed by atoms with Crippen LogP contribution in [0, 0.1) is 0 Å². The monoisotopic (exact) mass is 437 g/mol. The standard InChI is InChI=1S/C23H30F3N3O2/c24-23(25,26)18-13-14-20(29-17-18)19-11-10-16-28-22(19)27-15-9-7-5-3-1-2-4-6-8-12-21(30)31/h10-11,13-14,16-17H,1-9,12,15H2,(H,27,28)(H,30,31). The molecule has 2 aromatic heterocycles. The van der Waals surface area contributed by atoms with Crippen molar-refractivity contribution in [2.24, 2.45) is 0 Å². The lowest BCUT2D eigenvalue weighted by Crippen LogP contribution is -2.07. The van der Waals surface area contributed by atoms with E-state index in [0.717, 1.165) is 63.8 Å². The van der Waals surface area contributed by atoms with Crippen LogP contribution in [0.2, 0.25) is 0 Å². The number of nitrogens with zero attached hydrogens (tertiary/aromatic N) is 2. The first-order chi connectivity index (χ1) is 14.9. The van der Waals surface area contributed by atoms with Crippen LogP contribution < -0.4 is 5.32 Å². The van der Waals surface area contributed by atoms with Crippen molar-refractivity contribution in [2.45, 2.75) is 70.4 Å². The van der Waals surface area contributed by atoms with Crippen molar-refractivity contribution in [3.8, 4) is 11.3 Å². The molecule has 170 valence electrons. The molecule has 0 atom stereocenters. The highest BCUT2D eigenvalue weighted by Gasteiger charge is 2.30. The van der Waals surface area contributed by atoms with Gasteiger partial charge in [-0.05, 0) is 37.1 Å². The third-order valence-corrected chi connectivity index (χ3v) is 5.03. The molecule has 0 aliphatic rings. The van der Waals surface area contributed by atoms with E-state index in [4.69, 9.17) is 5.11 Å². The molecule has 0 aromatic carbocycles. The zero-order valence-corrected chi connectivity index (χ0v) is 17.6. The molecule has 0 saturated heterocycles. The van der Waals surface area contributed by atoms with Crippen LogP contribution >= 0.6 is 0 Å². The van der Waals surface area contributed by atoms with Gasteiger partial charge in [0.25, 0.3) is 0 Å². The molecule has 0 aliphatic carbocycles. The number of rotatable bonds is 14.